The van der Waals surface area contributed by atoms with Gasteiger partial charge in [-0.3, -0.25) is 4.79 Å². The van der Waals surface area contributed by atoms with Crippen molar-refractivity contribution in [2.75, 3.05) is 46.6 Å². The van der Waals surface area contributed by atoms with Crippen molar-refractivity contribution in [1.29, 1.82) is 0 Å². The molecule has 49 heavy (non-hydrogen) atoms. The zero-order chi connectivity index (χ0) is 36.5. The van der Waals surface area contributed by atoms with Gasteiger partial charge >= 0.3 is 18.0 Å². The summed E-state index contributed by atoms with van der Waals surface area (Å²) in [6.45, 7) is 18.3. The molecule has 3 rings (SSSR count). The number of benzene rings is 1. The Balaban J connectivity index is 2.11. The van der Waals surface area contributed by atoms with Crippen LogP contribution in [0.2, 0.25) is 0 Å². The number of rotatable bonds is 13. The van der Waals surface area contributed by atoms with Crippen molar-refractivity contribution in [3.63, 3.8) is 0 Å². The van der Waals surface area contributed by atoms with Gasteiger partial charge in [0.25, 0.3) is 5.91 Å². The first kappa shape index (κ1) is 39.4. The number of amides is 2. The van der Waals surface area contributed by atoms with E-state index >= 15 is 0 Å². The lowest BCUT2D eigenvalue weighted by atomic mass is 9.79. The predicted octanol–water partition coefficient (Wildman–Crippen LogP) is 5.71. The summed E-state index contributed by atoms with van der Waals surface area (Å²) in [6, 6.07) is 4.70. The van der Waals surface area contributed by atoms with E-state index < -0.39 is 29.6 Å². The third-order valence-corrected chi connectivity index (χ3v) is 8.31. The van der Waals surface area contributed by atoms with Crippen LogP contribution >= 0.6 is 0 Å². The molecule has 1 N–H and O–H groups in total. The fourth-order valence-corrected chi connectivity index (χ4v) is 6.33. The van der Waals surface area contributed by atoms with Crippen LogP contribution in [-0.2, 0) is 28.5 Å². The maximum atomic E-state index is 14.4. The van der Waals surface area contributed by atoms with Gasteiger partial charge in [0.1, 0.15) is 11.4 Å². The van der Waals surface area contributed by atoms with Crippen LogP contribution in [0.15, 0.2) is 40.7 Å². The van der Waals surface area contributed by atoms with E-state index in [9.17, 15) is 19.2 Å². The van der Waals surface area contributed by atoms with Gasteiger partial charge in [-0.2, -0.15) is 0 Å². The van der Waals surface area contributed by atoms with E-state index in [2.05, 4.69) is 5.32 Å². The molecule has 1 fully saturated rings. The van der Waals surface area contributed by atoms with Crippen molar-refractivity contribution < 1.29 is 42.9 Å². The molecule has 1 aromatic carbocycles. The lowest BCUT2D eigenvalue weighted by Gasteiger charge is -2.41. The molecule has 12 heteroatoms. The zero-order valence-corrected chi connectivity index (χ0v) is 30.9. The van der Waals surface area contributed by atoms with Crippen molar-refractivity contribution in [1.82, 2.24) is 15.1 Å². The number of piperidine rings is 1. The summed E-state index contributed by atoms with van der Waals surface area (Å²) in [4.78, 5) is 57.7. The molecule has 2 aliphatic rings. The zero-order valence-electron chi connectivity index (χ0n) is 30.9. The number of allylic oxidation sites excluding steroid dienone is 2. The average Bonchev–Trinajstić information content (AvgIpc) is 3.02. The molecular weight excluding hydrogens is 630 g/mol. The number of nitrogens with zero attached hydrogens (tertiary/aromatic N) is 2. The van der Waals surface area contributed by atoms with E-state index in [0.717, 1.165) is 12.8 Å². The van der Waals surface area contributed by atoms with E-state index in [1.54, 1.807) is 57.9 Å². The molecule has 0 aliphatic carbocycles. The summed E-state index contributed by atoms with van der Waals surface area (Å²) in [6.07, 6.45) is 1.64. The lowest BCUT2D eigenvalue weighted by Crippen LogP contribution is -2.54. The maximum absolute atomic E-state index is 14.4. The second-order valence-electron chi connectivity index (χ2n) is 13.6. The van der Waals surface area contributed by atoms with Gasteiger partial charge in [-0.1, -0.05) is 6.07 Å². The Morgan fingerprint density at radius 2 is 1.59 bits per heavy atom. The highest BCUT2D eigenvalue weighted by atomic mass is 16.6. The molecule has 0 saturated carbocycles. The second-order valence-corrected chi connectivity index (χ2v) is 13.6. The van der Waals surface area contributed by atoms with Gasteiger partial charge in [0.15, 0.2) is 0 Å². The second kappa shape index (κ2) is 17.6. The summed E-state index contributed by atoms with van der Waals surface area (Å²) >= 11 is 0. The highest BCUT2D eigenvalue weighted by Crippen LogP contribution is 2.43. The van der Waals surface area contributed by atoms with Gasteiger partial charge in [-0.05, 0) is 87.3 Å². The van der Waals surface area contributed by atoms with Crippen molar-refractivity contribution >= 4 is 23.9 Å². The number of dihydropyridines is 1. The van der Waals surface area contributed by atoms with Crippen molar-refractivity contribution in [2.45, 2.75) is 105 Å². The number of esters is 2. The van der Waals surface area contributed by atoms with E-state index in [0.29, 0.717) is 54.4 Å². The summed E-state index contributed by atoms with van der Waals surface area (Å²) in [5.74, 6) is -1.91. The molecule has 1 atom stereocenters. The topological polar surface area (TPSA) is 133 Å². The number of methoxy groups -OCH3 is 1. The molecule has 0 bridgehead atoms. The molecule has 0 aromatic heterocycles. The third-order valence-electron chi connectivity index (χ3n) is 8.31. The highest BCUT2D eigenvalue weighted by Gasteiger charge is 2.40. The molecule has 272 valence electrons. The largest absolute Gasteiger partial charge is 0.493 e. The van der Waals surface area contributed by atoms with Gasteiger partial charge in [0.05, 0.1) is 42.9 Å². The molecular formula is C37H55N3O9. The Hall–Kier alpha value is -4.06. The number of likely N-dealkylation sites (tertiary alicyclic amines) is 1. The normalized spacial score (nSPS) is 17.1. The van der Waals surface area contributed by atoms with Crippen molar-refractivity contribution in [3.8, 4) is 5.75 Å². The Kier molecular flexibility index (Phi) is 14.1. The number of hydrogen-bond donors (Lipinski definition) is 1. The summed E-state index contributed by atoms with van der Waals surface area (Å²) in [5, 5.41) is 3.16. The number of carbonyl (C=O) groups is 4. The van der Waals surface area contributed by atoms with Crippen molar-refractivity contribution in [2.24, 2.45) is 0 Å². The monoisotopic (exact) mass is 685 g/mol. The van der Waals surface area contributed by atoms with Crippen LogP contribution < -0.4 is 10.1 Å². The Bertz CT molecular complexity index is 1390. The summed E-state index contributed by atoms with van der Waals surface area (Å²) in [7, 11) is 1.60. The number of carbonyl (C=O) groups excluding carboxylic acids is 4. The molecule has 1 saturated heterocycles. The molecule has 2 heterocycles. The Labute approximate surface area is 291 Å². The van der Waals surface area contributed by atoms with Crippen LogP contribution in [0, 0.1) is 0 Å². The SMILES string of the molecule is CCOC(=O)C1=C(C)NC(C)=C(C(=O)OCC)C1c1ccc(C(=O)N(C(C)C)[C@@H]2CCCN(C(=O)OC(C)(C)C)C2)cc1OCCCOC. The molecule has 2 aliphatic heterocycles. The van der Waals surface area contributed by atoms with Gasteiger partial charge in [0.2, 0.25) is 0 Å². The molecule has 1 aromatic rings. The maximum Gasteiger partial charge on any atom is 0.410 e. The number of hydrogen-bond acceptors (Lipinski definition) is 10. The van der Waals surface area contributed by atoms with Crippen molar-refractivity contribution in [3.05, 3.63) is 51.9 Å². The fraction of sp³-hybridized carbons (Fsp3) is 0.622. The quantitative estimate of drug-likeness (QED) is 0.156. The Morgan fingerprint density at radius 1 is 0.980 bits per heavy atom. The average molecular weight is 686 g/mol. The first-order valence-corrected chi connectivity index (χ1v) is 17.2. The molecule has 0 radical (unpaired) electrons. The van der Waals surface area contributed by atoms with Crippen LogP contribution in [0.1, 0.15) is 103 Å². The van der Waals surface area contributed by atoms with E-state index in [1.165, 1.54) is 0 Å². The van der Waals surface area contributed by atoms with Crippen LogP contribution in [0.25, 0.3) is 0 Å². The Morgan fingerprint density at radius 3 is 2.12 bits per heavy atom. The van der Waals surface area contributed by atoms with E-state index in [1.807, 2.05) is 39.5 Å². The third kappa shape index (κ3) is 9.99. The van der Waals surface area contributed by atoms with E-state index in [4.69, 9.17) is 23.7 Å². The van der Waals surface area contributed by atoms with Crippen LogP contribution in [-0.4, -0.2) is 98.1 Å². The highest BCUT2D eigenvalue weighted by molar-refractivity contribution is 6.00. The van der Waals surface area contributed by atoms with Gasteiger partial charge < -0.3 is 38.8 Å². The molecule has 0 spiro atoms. The standard InChI is InChI=1S/C37H55N3O9/c1-11-46-34(42)30-24(5)38-25(6)31(35(43)47-12-2)32(30)28-17-16-26(21-29(28)48-20-14-19-45-10)33(41)40(23(3)4)27-15-13-18-39(22-27)36(44)49-37(7,8)9/h16-17,21,23,27,32,38H,11-15,18-20,22H2,1-10H3/t27-/m1/s1. The smallest absolute Gasteiger partial charge is 0.410 e. The number of ether oxygens (including phenoxy) is 5. The summed E-state index contributed by atoms with van der Waals surface area (Å²) in [5.41, 5.74) is 1.85. The summed E-state index contributed by atoms with van der Waals surface area (Å²) < 4.78 is 28.1. The lowest BCUT2D eigenvalue weighted by molar-refractivity contribution is -0.139. The van der Waals surface area contributed by atoms with E-state index in [-0.39, 0.29) is 49.0 Å². The van der Waals surface area contributed by atoms with Gasteiger partial charge in [-0.25, -0.2) is 14.4 Å². The van der Waals surface area contributed by atoms with Gasteiger partial charge in [0, 0.05) is 61.8 Å². The molecule has 0 unspecified atom stereocenters. The predicted molar refractivity (Wildman–Crippen MR) is 185 cm³/mol. The fourth-order valence-electron chi connectivity index (χ4n) is 6.33. The van der Waals surface area contributed by atoms with Gasteiger partial charge in [-0.15, -0.1) is 0 Å². The number of nitrogens with one attached hydrogen (secondary N) is 1. The first-order valence-electron chi connectivity index (χ1n) is 17.2. The minimum Gasteiger partial charge on any atom is -0.493 e. The molecule has 2 amide bonds. The molecule has 12 nitrogen and oxygen atoms in total. The van der Waals surface area contributed by atoms with Crippen LogP contribution in [0.4, 0.5) is 4.79 Å². The minimum absolute atomic E-state index is 0.144. The van der Waals surface area contributed by atoms with Crippen LogP contribution in [0.5, 0.6) is 5.75 Å². The van der Waals surface area contributed by atoms with Crippen LogP contribution in [0.3, 0.4) is 0 Å². The first-order chi connectivity index (χ1) is 23.1. The minimum atomic E-state index is -0.886.